The summed E-state index contributed by atoms with van der Waals surface area (Å²) in [5.74, 6) is 1.57. The molecule has 1 amide bonds. The monoisotopic (exact) mass is 475 g/mol. The minimum Gasteiger partial charge on any atom is -0.368 e. The predicted octanol–water partition coefficient (Wildman–Crippen LogP) is 4.26. The van der Waals surface area contributed by atoms with E-state index in [1.54, 1.807) is 11.3 Å². The molecule has 2 aliphatic rings. The number of piperazine rings is 1. The number of carbonyl (C=O) groups excluding carboxylic acids is 1. The Morgan fingerprint density at radius 3 is 2.55 bits per heavy atom. The first-order valence-corrected chi connectivity index (χ1v) is 13.1. The van der Waals surface area contributed by atoms with Crippen LogP contribution < -0.4 is 10.6 Å². The van der Waals surface area contributed by atoms with Gasteiger partial charge in [0.2, 0.25) is 5.91 Å². The van der Waals surface area contributed by atoms with Crippen molar-refractivity contribution in [3.8, 4) is 10.7 Å². The molecule has 33 heavy (non-hydrogen) atoms. The number of nitrogens with zero attached hydrogens (tertiary/aromatic N) is 4. The molecule has 0 bridgehead atoms. The van der Waals surface area contributed by atoms with Crippen LogP contribution in [0.15, 0.2) is 47.8 Å². The van der Waals surface area contributed by atoms with Gasteiger partial charge < -0.3 is 10.6 Å². The molecular weight excluding hydrogens is 450 g/mol. The third-order valence-corrected chi connectivity index (χ3v) is 8.70. The molecule has 1 unspecified atom stereocenters. The number of anilines is 1. The van der Waals surface area contributed by atoms with Gasteiger partial charge in [0.15, 0.2) is 5.82 Å². The largest absolute Gasteiger partial charge is 0.368 e. The summed E-state index contributed by atoms with van der Waals surface area (Å²) in [5.41, 5.74) is 8.23. The third kappa shape index (κ3) is 3.72. The average molecular weight is 476 g/mol. The summed E-state index contributed by atoms with van der Waals surface area (Å²) in [6.07, 6.45) is 3.48. The van der Waals surface area contributed by atoms with Crippen molar-refractivity contribution in [1.29, 1.82) is 0 Å². The number of amides is 1. The molecule has 6 rings (SSSR count). The summed E-state index contributed by atoms with van der Waals surface area (Å²) in [6, 6.07) is 13.6. The fourth-order valence-electron chi connectivity index (χ4n) is 5.10. The van der Waals surface area contributed by atoms with Crippen LogP contribution in [0.1, 0.15) is 28.5 Å². The van der Waals surface area contributed by atoms with Crippen LogP contribution in [0, 0.1) is 0 Å². The van der Waals surface area contributed by atoms with Crippen molar-refractivity contribution in [2.24, 2.45) is 5.73 Å². The van der Waals surface area contributed by atoms with Gasteiger partial charge in [-0.1, -0.05) is 36.4 Å². The number of hydrogen-bond donors (Lipinski definition) is 1. The summed E-state index contributed by atoms with van der Waals surface area (Å²) < 4.78 is 0. The summed E-state index contributed by atoms with van der Waals surface area (Å²) in [6.45, 7) is 3.12. The van der Waals surface area contributed by atoms with Crippen LogP contribution in [0.25, 0.3) is 20.9 Å². The van der Waals surface area contributed by atoms with Gasteiger partial charge in [0, 0.05) is 31.1 Å². The number of rotatable bonds is 5. The molecule has 0 radical (unpaired) electrons. The second kappa shape index (κ2) is 8.52. The van der Waals surface area contributed by atoms with E-state index in [1.807, 2.05) is 47.7 Å². The van der Waals surface area contributed by atoms with E-state index in [-0.39, 0.29) is 5.91 Å². The topological polar surface area (TPSA) is 75.4 Å². The highest BCUT2D eigenvalue weighted by atomic mass is 32.1. The fraction of sp³-hybridized carbons (Fsp3) is 0.320. The van der Waals surface area contributed by atoms with Crippen LogP contribution in [0.2, 0.25) is 0 Å². The van der Waals surface area contributed by atoms with E-state index in [9.17, 15) is 4.79 Å². The quantitative estimate of drug-likeness (QED) is 0.467. The minimum absolute atomic E-state index is 0.297. The number of hydrogen-bond acceptors (Lipinski definition) is 7. The Labute approximate surface area is 200 Å². The van der Waals surface area contributed by atoms with E-state index in [0.717, 1.165) is 65.9 Å². The summed E-state index contributed by atoms with van der Waals surface area (Å²) in [7, 11) is 0. The molecule has 1 aliphatic carbocycles. The molecule has 0 spiro atoms. The Bertz CT molecular complexity index is 1290. The molecule has 3 aromatic heterocycles. The first-order chi connectivity index (χ1) is 16.2. The molecule has 4 aromatic rings. The Morgan fingerprint density at radius 1 is 1.00 bits per heavy atom. The number of carbonyl (C=O) groups is 1. The Kier molecular flexibility index (Phi) is 5.36. The van der Waals surface area contributed by atoms with Crippen molar-refractivity contribution in [3.63, 3.8) is 0 Å². The fourth-order valence-corrected chi connectivity index (χ4v) is 7.02. The molecule has 168 valence electrons. The molecule has 4 heterocycles. The first kappa shape index (κ1) is 20.8. The number of aromatic nitrogens is 2. The van der Waals surface area contributed by atoms with E-state index < -0.39 is 6.04 Å². The smallest absolute Gasteiger partial charge is 0.239 e. The van der Waals surface area contributed by atoms with Crippen molar-refractivity contribution >= 4 is 44.6 Å². The second-order valence-electron chi connectivity index (χ2n) is 8.62. The molecule has 6 nitrogen and oxygen atoms in total. The lowest BCUT2D eigenvalue weighted by molar-refractivity contribution is -0.123. The van der Waals surface area contributed by atoms with Crippen molar-refractivity contribution in [3.05, 3.63) is 63.8 Å². The van der Waals surface area contributed by atoms with Crippen molar-refractivity contribution in [1.82, 2.24) is 14.9 Å². The highest BCUT2D eigenvalue weighted by molar-refractivity contribution is 7.19. The molecule has 1 aromatic carbocycles. The highest BCUT2D eigenvalue weighted by Crippen LogP contribution is 2.42. The van der Waals surface area contributed by atoms with E-state index in [1.165, 1.54) is 22.2 Å². The number of thiophene rings is 2. The van der Waals surface area contributed by atoms with Gasteiger partial charge in [-0.25, -0.2) is 9.97 Å². The minimum atomic E-state index is -0.397. The van der Waals surface area contributed by atoms with E-state index in [4.69, 9.17) is 15.7 Å². The van der Waals surface area contributed by atoms with Gasteiger partial charge in [0.05, 0.1) is 10.3 Å². The Balaban J connectivity index is 1.33. The van der Waals surface area contributed by atoms with E-state index in [0.29, 0.717) is 0 Å². The zero-order valence-corrected chi connectivity index (χ0v) is 19.9. The molecule has 1 fully saturated rings. The molecule has 1 saturated heterocycles. The predicted molar refractivity (Wildman–Crippen MR) is 135 cm³/mol. The van der Waals surface area contributed by atoms with Crippen molar-refractivity contribution < 1.29 is 4.79 Å². The zero-order chi connectivity index (χ0) is 22.4. The first-order valence-electron chi connectivity index (χ1n) is 11.4. The summed E-state index contributed by atoms with van der Waals surface area (Å²) in [4.78, 5) is 30.7. The number of benzene rings is 1. The van der Waals surface area contributed by atoms with Crippen LogP contribution in [0.4, 0.5) is 5.82 Å². The van der Waals surface area contributed by atoms with E-state index in [2.05, 4.69) is 21.2 Å². The lowest BCUT2D eigenvalue weighted by atomic mass is 10.0. The van der Waals surface area contributed by atoms with Crippen LogP contribution in [0.3, 0.4) is 0 Å². The van der Waals surface area contributed by atoms with Crippen molar-refractivity contribution in [2.45, 2.75) is 25.3 Å². The molecule has 0 saturated carbocycles. The normalized spacial score (nSPS) is 17.4. The summed E-state index contributed by atoms with van der Waals surface area (Å²) in [5, 5.41) is 3.32. The average Bonchev–Trinajstić information content (AvgIpc) is 3.57. The number of fused-ring (bicyclic) bond motifs is 3. The van der Waals surface area contributed by atoms with Gasteiger partial charge >= 0.3 is 0 Å². The van der Waals surface area contributed by atoms with Gasteiger partial charge in [-0.05, 0) is 41.8 Å². The van der Waals surface area contributed by atoms with Gasteiger partial charge in [-0.3, -0.25) is 9.69 Å². The lowest BCUT2D eigenvalue weighted by Gasteiger charge is -2.39. The second-order valence-corrected chi connectivity index (χ2v) is 10.7. The Hall–Kier alpha value is -2.81. The van der Waals surface area contributed by atoms with E-state index >= 15 is 0 Å². The molecular formula is C25H25N5OS2. The lowest BCUT2D eigenvalue weighted by Crippen LogP contribution is -2.50. The van der Waals surface area contributed by atoms with Crippen LogP contribution >= 0.6 is 22.7 Å². The molecule has 2 N–H and O–H groups in total. The van der Waals surface area contributed by atoms with Gasteiger partial charge in [-0.2, -0.15) is 0 Å². The van der Waals surface area contributed by atoms with Gasteiger partial charge in [-0.15, -0.1) is 22.7 Å². The zero-order valence-electron chi connectivity index (χ0n) is 18.2. The van der Waals surface area contributed by atoms with Crippen LogP contribution in [0.5, 0.6) is 0 Å². The maximum atomic E-state index is 12.3. The Morgan fingerprint density at radius 2 is 1.82 bits per heavy atom. The molecule has 1 atom stereocenters. The maximum absolute atomic E-state index is 12.3. The summed E-state index contributed by atoms with van der Waals surface area (Å²) >= 11 is 3.52. The molecule has 8 heteroatoms. The number of nitrogens with two attached hydrogens (primary N) is 1. The SMILES string of the molecule is NC(=O)C(c1ccccc1)N1CCN(c2nc(-c3cccs3)nc3sc4c(c23)CCC4)CC1. The molecule has 1 aliphatic heterocycles. The van der Waals surface area contributed by atoms with Crippen LogP contribution in [-0.2, 0) is 17.6 Å². The maximum Gasteiger partial charge on any atom is 0.239 e. The third-order valence-electron chi connectivity index (χ3n) is 6.65. The highest BCUT2D eigenvalue weighted by Gasteiger charge is 2.31. The van der Waals surface area contributed by atoms with Gasteiger partial charge in [0.25, 0.3) is 0 Å². The number of aryl methyl sites for hydroxylation is 2. The van der Waals surface area contributed by atoms with Crippen LogP contribution in [-0.4, -0.2) is 47.0 Å². The van der Waals surface area contributed by atoms with Crippen molar-refractivity contribution in [2.75, 3.05) is 31.1 Å². The van der Waals surface area contributed by atoms with Gasteiger partial charge in [0.1, 0.15) is 16.7 Å². The number of primary amides is 1. The standard InChI is InChI=1S/C25H25N5OS2/c26-22(31)21(16-6-2-1-3-7-16)29-11-13-30(14-12-29)24-20-17-8-4-9-18(17)33-25(20)28-23(27-24)19-10-5-15-32-19/h1-3,5-7,10,15,21H,4,8-9,11-14H2,(H2,26,31).